The number of ether oxygens (including phenoxy) is 2. The summed E-state index contributed by atoms with van der Waals surface area (Å²) in [6, 6.07) is 20.4. The highest BCUT2D eigenvalue weighted by Gasteiger charge is 2.12. The summed E-state index contributed by atoms with van der Waals surface area (Å²) in [6.45, 7) is 6.19. The molecule has 2 N–H and O–H groups in total. The van der Waals surface area contributed by atoms with Crippen molar-refractivity contribution in [3.8, 4) is 5.75 Å². The van der Waals surface area contributed by atoms with Crippen LogP contribution in [0.15, 0.2) is 60.7 Å². The summed E-state index contributed by atoms with van der Waals surface area (Å²) in [5.41, 5.74) is 6.02. The number of nitrogens with zero attached hydrogens (tertiary/aromatic N) is 1. The van der Waals surface area contributed by atoms with Crippen LogP contribution in [0.1, 0.15) is 25.0 Å². The number of aromatic nitrogens is 1. The Hall–Kier alpha value is -3.80. The predicted octanol–water partition coefficient (Wildman–Crippen LogP) is 6.13. The minimum Gasteiger partial charge on any atom is -0.497 e. The van der Waals surface area contributed by atoms with Crippen LogP contribution in [0.5, 0.6) is 5.75 Å². The van der Waals surface area contributed by atoms with Gasteiger partial charge in [0.25, 0.3) is 0 Å². The van der Waals surface area contributed by atoms with Crippen molar-refractivity contribution < 1.29 is 14.3 Å². The van der Waals surface area contributed by atoms with Crippen molar-refractivity contribution in [3.05, 3.63) is 71.8 Å². The van der Waals surface area contributed by atoms with Crippen molar-refractivity contribution in [2.75, 3.05) is 19.0 Å². The van der Waals surface area contributed by atoms with Crippen LogP contribution < -0.4 is 15.4 Å². The molecule has 0 bridgehead atoms. The van der Waals surface area contributed by atoms with Gasteiger partial charge in [0.15, 0.2) is 0 Å². The maximum Gasteiger partial charge on any atom is 0.407 e. The summed E-state index contributed by atoms with van der Waals surface area (Å²) in [7, 11) is 1.67. The van der Waals surface area contributed by atoms with Gasteiger partial charge in [-0.25, -0.2) is 9.78 Å². The van der Waals surface area contributed by atoms with Crippen molar-refractivity contribution in [1.82, 2.24) is 10.3 Å². The summed E-state index contributed by atoms with van der Waals surface area (Å²) in [4.78, 5) is 16.6. The van der Waals surface area contributed by atoms with Gasteiger partial charge in [0.05, 0.1) is 30.4 Å². The summed E-state index contributed by atoms with van der Waals surface area (Å²) < 4.78 is 10.7. The van der Waals surface area contributed by atoms with E-state index in [1.807, 2.05) is 50.2 Å². The zero-order valence-corrected chi connectivity index (χ0v) is 19.4. The van der Waals surface area contributed by atoms with E-state index < -0.39 is 6.09 Å². The lowest BCUT2D eigenvalue weighted by molar-refractivity contribution is 0.145. The SMILES string of the molecule is COc1ccc2nc3cc(C)ccc3c(Nc3cccc(CCOC(=O)NC(C)C)c3)c2c1. The van der Waals surface area contributed by atoms with Gasteiger partial charge in [0.2, 0.25) is 0 Å². The molecule has 0 unspecified atom stereocenters. The zero-order valence-electron chi connectivity index (χ0n) is 19.4. The first-order valence-corrected chi connectivity index (χ1v) is 11.1. The fourth-order valence-corrected chi connectivity index (χ4v) is 3.78. The number of aryl methyl sites for hydroxylation is 1. The van der Waals surface area contributed by atoms with Gasteiger partial charge in [-0.1, -0.05) is 24.3 Å². The molecule has 0 spiro atoms. The van der Waals surface area contributed by atoms with E-state index in [1.54, 1.807) is 7.11 Å². The Kier molecular flexibility index (Phi) is 6.63. The first-order valence-electron chi connectivity index (χ1n) is 11.1. The molecule has 1 aromatic heterocycles. The Morgan fingerprint density at radius 2 is 1.85 bits per heavy atom. The van der Waals surface area contributed by atoms with Gasteiger partial charge < -0.3 is 20.1 Å². The second-order valence-electron chi connectivity index (χ2n) is 8.40. The number of hydrogen-bond acceptors (Lipinski definition) is 5. The monoisotopic (exact) mass is 443 g/mol. The highest BCUT2D eigenvalue weighted by molar-refractivity contribution is 6.09. The lowest BCUT2D eigenvalue weighted by Crippen LogP contribution is -2.31. The van der Waals surface area contributed by atoms with Crippen molar-refractivity contribution in [2.45, 2.75) is 33.2 Å². The molecule has 0 atom stereocenters. The van der Waals surface area contributed by atoms with E-state index >= 15 is 0 Å². The highest BCUT2D eigenvalue weighted by atomic mass is 16.5. The Balaban J connectivity index is 1.64. The molecule has 1 amide bonds. The third-order valence-electron chi connectivity index (χ3n) is 5.36. The summed E-state index contributed by atoms with van der Waals surface area (Å²) in [6.07, 6.45) is 0.240. The van der Waals surface area contributed by atoms with Crippen molar-refractivity contribution in [2.24, 2.45) is 0 Å². The molecule has 0 radical (unpaired) electrons. The minimum absolute atomic E-state index is 0.0532. The van der Waals surface area contributed by atoms with Crippen LogP contribution in [0.2, 0.25) is 0 Å². The van der Waals surface area contributed by atoms with Crippen LogP contribution in [-0.4, -0.2) is 30.8 Å². The summed E-state index contributed by atoms with van der Waals surface area (Å²) >= 11 is 0. The molecular formula is C27H29N3O3. The summed E-state index contributed by atoms with van der Waals surface area (Å²) in [5, 5.41) is 8.37. The molecule has 170 valence electrons. The number of carbonyl (C=O) groups excluding carboxylic acids is 1. The largest absolute Gasteiger partial charge is 0.497 e. The van der Waals surface area contributed by atoms with Crippen LogP contribution in [0.3, 0.4) is 0 Å². The molecule has 3 aromatic carbocycles. The average Bonchev–Trinajstić information content (AvgIpc) is 2.78. The van der Waals surface area contributed by atoms with Crippen molar-refractivity contribution >= 4 is 39.3 Å². The fourth-order valence-electron chi connectivity index (χ4n) is 3.78. The maximum absolute atomic E-state index is 11.7. The molecule has 0 saturated heterocycles. The Bertz CT molecular complexity index is 1300. The Morgan fingerprint density at radius 3 is 2.64 bits per heavy atom. The van der Waals surface area contributed by atoms with E-state index in [-0.39, 0.29) is 6.04 Å². The van der Waals surface area contributed by atoms with Crippen molar-refractivity contribution in [1.29, 1.82) is 0 Å². The van der Waals surface area contributed by atoms with Crippen LogP contribution in [0.25, 0.3) is 21.8 Å². The van der Waals surface area contributed by atoms with E-state index in [9.17, 15) is 4.79 Å². The smallest absolute Gasteiger partial charge is 0.407 e. The zero-order chi connectivity index (χ0) is 23.4. The van der Waals surface area contributed by atoms with Gasteiger partial charge in [-0.15, -0.1) is 0 Å². The number of alkyl carbamates (subject to hydrolysis) is 1. The Labute approximate surface area is 193 Å². The lowest BCUT2D eigenvalue weighted by Gasteiger charge is -2.15. The molecule has 0 aliphatic rings. The first kappa shape index (κ1) is 22.4. The normalized spacial score (nSPS) is 11.1. The number of pyridine rings is 1. The molecular weight excluding hydrogens is 414 g/mol. The van der Waals surface area contributed by atoms with E-state index in [0.29, 0.717) is 13.0 Å². The number of carbonyl (C=O) groups is 1. The molecule has 33 heavy (non-hydrogen) atoms. The molecule has 0 saturated carbocycles. The molecule has 0 fully saturated rings. The molecule has 1 heterocycles. The molecule has 0 aliphatic heterocycles. The van der Waals surface area contributed by atoms with E-state index in [0.717, 1.165) is 50.1 Å². The topological polar surface area (TPSA) is 72.5 Å². The second-order valence-corrected chi connectivity index (χ2v) is 8.40. The van der Waals surface area contributed by atoms with Crippen LogP contribution >= 0.6 is 0 Å². The number of methoxy groups -OCH3 is 1. The van der Waals surface area contributed by atoms with Gasteiger partial charge >= 0.3 is 6.09 Å². The first-order chi connectivity index (χ1) is 15.9. The summed E-state index contributed by atoms with van der Waals surface area (Å²) in [5.74, 6) is 0.782. The Morgan fingerprint density at radius 1 is 1.00 bits per heavy atom. The number of anilines is 2. The molecule has 4 aromatic rings. The van der Waals surface area contributed by atoms with Gasteiger partial charge in [-0.2, -0.15) is 0 Å². The highest BCUT2D eigenvalue weighted by Crippen LogP contribution is 2.35. The number of rotatable bonds is 7. The molecule has 6 heteroatoms. The fraction of sp³-hybridized carbons (Fsp3) is 0.259. The second kappa shape index (κ2) is 9.77. The predicted molar refractivity (Wildman–Crippen MR) is 134 cm³/mol. The lowest BCUT2D eigenvalue weighted by atomic mass is 10.0. The molecule has 0 aliphatic carbocycles. The van der Waals surface area contributed by atoms with E-state index in [1.165, 1.54) is 0 Å². The van der Waals surface area contributed by atoms with Crippen LogP contribution in [-0.2, 0) is 11.2 Å². The van der Waals surface area contributed by atoms with Gasteiger partial charge in [0.1, 0.15) is 5.75 Å². The van der Waals surface area contributed by atoms with Crippen molar-refractivity contribution in [3.63, 3.8) is 0 Å². The average molecular weight is 444 g/mol. The standard InChI is InChI=1S/C27H29N3O3/c1-17(2)28-27(31)33-13-12-19-6-5-7-20(15-19)29-26-22-10-8-18(3)14-25(22)30-24-11-9-21(32-4)16-23(24)26/h5-11,14-17H,12-13H2,1-4H3,(H,28,31)(H,29,30). The quantitative estimate of drug-likeness (QED) is 0.336. The molecule has 6 nitrogen and oxygen atoms in total. The number of fused-ring (bicyclic) bond motifs is 2. The third kappa shape index (κ3) is 5.34. The van der Waals surface area contributed by atoms with E-state index in [2.05, 4.69) is 41.8 Å². The molecule has 4 rings (SSSR count). The number of nitrogens with one attached hydrogen (secondary N) is 2. The van der Waals surface area contributed by atoms with Crippen LogP contribution in [0, 0.1) is 6.92 Å². The number of benzene rings is 3. The maximum atomic E-state index is 11.7. The minimum atomic E-state index is -0.391. The van der Waals surface area contributed by atoms with Gasteiger partial charge in [-0.05, 0) is 68.3 Å². The van der Waals surface area contributed by atoms with Gasteiger partial charge in [0, 0.05) is 28.9 Å². The third-order valence-corrected chi connectivity index (χ3v) is 5.36. The number of amides is 1. The van der Waals surface area contributed by atoms with Crippen LogP contribution in [0.4, 0.5) is 16.2 Å². The number of hydrogen-bond donors (Lipinski definition) is 2. The van der Waals surface area contributed by atoms with E-state index in [4.69, 9.17) is 14.5 Å². The van der Waals surface area contributed by atoms with Gasteiger partial charge in [-0.3, -0.25) is 0 Å².